The van der Waals surface area contributed by atoms with Crippen molar-refractivity contribution >= 4 is 11.8 Å². The van der Waals surface area contributed by atoms with Gasteiger partial charge in [-0.25, -0.2) is 0 Å². The molecule has 0 radical (unpaired) electrons. The third-order valence-electron chi connectivity index (χ3n) is 2.83. The van der Waals surface area contributed by atoms with Gasteiger partial charge in [-0.3, -0.25) is 9.59 Å². The number of hydrogen-bond donors (Lipinski definition) is 0. The Morgan fingerprint density at radius 3 is 1.65 bits per heavy atom. The molecular formula is C13H24N2O2. The Balaban J connectivity index is 4.44. The van der Waals surface area contributed by atoms with Crippen molar-refractivity contribution in [1.82, 2.24) is 9.80 Å². The van der Waals surface area contributed by atoms with E-state index in [1.807, 2.05) is 27.7 Å². The first-order chi connectivity index (χ1) is 8.01. The third-order valence-corrected chi connectivity index (χ3v) is 2.83. The maximum absolute atomic E-state index is 11.9. The smallest absolute Gasteiger partial charge is 0.249 e. The Hall–Kier alpha value is -1.32. The Morgan fingerprint density at radius 2 is 1.29 bits per heavy atom. The second-order valence-electron chi connectivity index (χ2n) is 3.82. The van der Waals surface area contributed by atoms with Gasteiger partial charge in [-0.2, -0.15) is 0 Å². The summed E-state index contributed by atoms with van der Waals surface area (Å²) in [6.45, 7) is 14.0. The number of carbonyl (C=O) groups excluding carboxylic acids is 2. The van der Waals surface area contributed by atoms with Gasteiger partial charge in [-0.1, -0.05) is 6.58 Å². The second-order valence-corrected chi connectivity index (χ2v) is 3.82. The van der Waals surface area contributed by atoms with Crippen LogP contribution in [0.25, 0.3) is 0 Å². The molecule has 0 saturated carbocycles. The number of amides is 2. The molecule has 0 aliphatic rings. The highest BCUT2D eigenvalue weighted by molar-refractivity contribution is 5.98. The van der Waals surface area contributed by atoms with Crippen molar-refractivity contribution in [2.45, 2.75) is 34.1 Å². The number of rotatable bonds is 7. The van der Waals surface area contributed by atoms with Crippen LogP contribution in [-0.4, -0.2) is 47.8 Å². The zero-order chi connectivity index (χ0) is 13.4. The lowest BCUT2D eigenvalue weighted by Crippen LogP contribution is -2.35. The van der Waals surface area contributed by atoms with E-state index in [1.165, 1.54) is 0 Å². The van der Waals surface area contributed by atoms with E-state index in [2.05, 4.69) is 6.58 Å². The average Bonchev–Trinajstić information content (AvgIpc) is 2.31. The van der Waals surface area contributed by atoms with Gasteiger partial charge in [0.25, 0.3) is 0 Å². The SMILES string of the molecule is C=C(CC(=O)N(CC)CC)C(=O)N(CC)CC. The van der Waals surface area contributed by atoms with Crippen LogP contribution in [0.2, 0.25) is 0 Å². The zero-order valence-electron chi connectivity index (χ0n) is 11.5. The molecule has 98 valence electrons. The second kappa shape index (κ2) is 7.87. The van der Waals surface area contributed by atoms with Crippen LogP contribution in [-0.2, 0) is 9.59 Å². The Bertz CT molecular complexity index is 279. The normalized spacial score (nSPS) is 9.88. The van der Waals surface area contributed by atoms with Crippen molar-refractivity contribution in [2.75, 3.05) is 26.2 Å². The van der Waals surface area contributed by atoms with Gasteiger partial charge in [0.15, 0.2) is 0 Å². The highest BCUT2D eigenvalue weighted by atomic mass is 16.2. The summed E-state index contributed by atoms with van der Waals surface area (Å²) in [5.41, 5.74) is 0.380. The minimum Gasteiger partial charge on any atom is -0.343 e. The summed E-state index contributed by atoms with van der Waals surface area (Å²) < 4.78 is 0. The van der Waals surface area contributed by atoms with Crippen molar-refractivity contribution in [3.8, 4) is 0 Å². The van der Waals surface area contributed by atoms with Gasteiger partial charge in [-0.15, -0.1) is 0 Å². The fourth-order valence-corrected chi connectivity index (χ4v) is 1.68. The molecule has 4 heteroatoms. The van der Waals surface area contributed by atoms with Crippen molar-refractivity contribution in [1.29, 1.82) is 0 Å². The average molecular weight is 240 g/mol. The summed E-state index contributed by atoms with van der Waals surface area (Å²) in [6, 6.07) is 0. The van der Waals surface area contributed by atoms with Crippen LogP contribution in [0.3, 0.4) is 0 Å². The molecule has 17 heavy (non-hydrogen) atoms. The predicted octanol–water partition coefficient (Wildman–Crippen LogP) is 1.67. The molecule has 0 aromatic heterocycles. The van der Waals surface area contributed by atoms with E-state index >= 15 is 0 Å². The molecule has 0 heterocycles. The fourth-order valence-electron chi connectivity index (χ4n) is 1.68. The molecule has 0 saturated heterocycles. The molecule has 4 nitrogen and oxygen atoms in total. The summed E-state index contributed by atoms with van der Waals surface area (Å²) in [6.07, 6.45) is 0.122. The van der Waals surface area contributed by atoms with Crippen LogP contribution < -0.4 is 0 Å². The van der Waals surface area contributed by atoms with Crippen molar-refractivity contribution in [3.63, 3.8) is 0 Å². The first-order valence-corrected chi connectivity index (χ1v) is 6.26. The molecule has 0 atom stereocenters. The molecule has 0 rings (SSSR count). The molecule has 2 amide bonds. The standard InChI is InChI=1S/C13H24N2O2/c1-6-14(7-2)12(16)10-11(5)13(17)15(8-3)9-4/h5-10H2,1-4H3. The summed E-state index contributed by atoms with van der Waals surface area (Å²) in [5, 5.41) is 0. The Labute approximate surface area is 104 Å². The molecule has 0 aromatic rings. The molecule has 0 N–H and O–H groups in total. The quantitative estimate of drug-likeness (QED) is 0.635. The van der Waals surface area contributed by atoms with Crippen molar-refractivity contribution in [2.24, 2.45) is 0 Å². The maximum atomic E-state index is 11.9. The van der Waals surface area contributed by atoms with E-state index in [1.54, 1.807) is 9.80 Å². The minimum absolute atomic E-state index is 0.0273. The third kappa shape index (κ3) is 4.59. The van der Waals surface area contributed by atoms with Crippen LogP contribution in [0.15, 0.2) is 12.2 Å². The molecule has 0 aromatic carbocycles. The van der Waals surface area contributed by atoms with E-state index in [9.17, 15) is 9.59 Å². The van der Waals surface area contributed by atoms with E-state index in [0.717, 1.165) is 0 Å². The molecule has 0 fully saturated rings. The largest absolute Gasteiger partial charge is 0.343 e. The summed E-state index contributed by atoms with van der Waals surface area (Å²) in [5.74, 6) is -0.143. The van der Waals surface area contributed by atoms with Gasteiger partial charge in [0.1, 0.15) is 0 Å². The van der Waals surface area contributed by atoms with E-state index in [-0.39, 0.29) is 18.2 Å². The zero-order valence-corrected chi connectivity index (χ0v) is 11.5. The Kier molecular flexibility index (Phi) is 7.26. The van der Waals surface area contributed by atoms with E-state index in [4.69, 9.17) is 0 Å². The lowest BCUT2D eigenvalue weighted by Gasteiger charge is -2.22. The van der Waals surface area contributed by atoms with Crippen LogP contribution in [0.1, 0.15) is 34.1 Å². The molecule has 0 unspecified atom stereocenters. The van der Waals surface area contributed by atoms with Gasteiger partial charge in [-0.05, 0) is 27.7 Å². The lowest BCUT2D eigenvalue weighted by molar-refractivity contribution is -0.133. The summed E-state index contributed by atoms with van der Waals surface area (Å²) in [7, 11) is 0. The minimum atomic E-state index is -0.115. The lowest BCUT2D eigenvalue weighted by atomic mass is 10.1. The number of carbonyl (C=O) groups is 2. The van der Waals surface area contributed by atoms with Crippen LogP contribution >= 0.6 is 0 Å². The van der Waals surface area contributed by atoms with Gasteiger partial charge in [0.05, 0.1) is 6.42 Å². The van der Waals surface area contributed by atoms with Crippen molar-refractivity contribution < 1.29 is 9.59 Å². The maximum Gasteiger partial charge on any atom is 0.249 e. The van der Waals surface area contributed by atoms with Crippen LogP contribution in [0.4, 0.5) is 0 Å². The Morgan fingerprint density at radius 1 is 0.882 bits per heavy atom. The first kappa shape index (κ1) is 15.7. The molecule has 0 aliphatic carbocycles. The van der Waals surface area contributed by atoms with Crippen LogP contribution in [0.5, 0.6) is 0 Å². The number of hydrogen-bond acceptors (Lipinski definition) is 2. The van der Waals surface area contributed by atoms with Crippen LogP contribution in [0, 0.1) is 0 Å². The number of nitrogens with zero attached hydrogens (tertiary/aromatic N) is 2. The monoisotopic (exact) mass is 240 g/mol. The summed E-state index contributed by atoms with van der Waals surface area (Å²) in [4.78, 5) is 27.1. The van der Waals surface area contributed by atoms with Gasteiger partial charge in [0, 0.05) is 31.8 Å². The first-order valence-electron chi connectivity index (χ1n) is 6.26. The van der Waals surface area contributed by atoms with Gasteiger partial charge < -0.3 is 9.80 Å². The molecular weight excluding hydrogens is 216 g/mol. The topological polar surface area (TPSA) is 40.6 Å². The van der Waals surface area contributed by atoms with Gasteiger partial charge >= 0.3 is 0 Å². The molecule has 0 bridgehead atoms. The molecule has 0 spiro atoms. The summed E-state index contributed by atoms with van der Waals surface area (Å²) >= 11 is 0. The van der Waals surface area contributed by atoms with Crippen molar-refractivity contribution in [3.05, 3.63) is 12.2 Å². The number of likely N-dealkylation sites (N-methyl/N-ethyl adjacent to an activating group) is 1. The molecule has 0 aliphatic heterocycles. The van der Waals surface area contributed by atoms with E-state index < -0.39 is 0 Å². The van der Waals surface area contributed by atoms with E-state index in [0.29, 0.717) is 31.8 Å². The fraction of sp³-hybridized carbons (Fsp3) is 0.692. The highest BCUT2D eigenvalue weighted by Crippen LogP contribution is 2.07. The highest BCUT2D eigenvalue weighted by Gasteiger charge is 2.18. The van der Waals surface area contributed by atoms with Gasteiger partial charge in [0.2, 0.25) is 11.8 Å². The predicted molar refractivity (Wildman–Crippen MR) is 69.6 cm³/mol.